The summed E-state index contributed by atoms with van der Waals surface area (Å²) in [5, 5.41) is 14.8. The summed E-state index contributed by atoms with van der Waals surface area (Å²) < 4.78 is 1.56. The SMILES string of the molecule is CC(=O)Nc1cccc(-n2nnnc2SC(C)C(=O)/C=C2/N(C)c3ccccc3C2(C)C)c1. The van der Waals surface area contributed by atoms with Gasteiger partial charge in [-0.3, -0.25) is 9.59 Å². The molecule has 1 N–H and O–H groups in total. The number of allylic oxidation sites excluding steroid dienone is 2. The van der Waals surface area contributed by atoms with Crippen molar-refractivity contribution in [2.45, 2.75) is 43.5 Å². The molecule has 1 amide bonds. The molecule has 0 aliphatic carbocycles. The topological polar surface area (TPSA) is 93.0 Å². The normalized spacial score (nSPS) is 16.5. The lowest BCUT2D eigenvalue weighted by atomic mass is 9.83. The third kappa shape index (κ3) is 4.41. The Kier molecular flexibility index (Phi) is 6.07. The summed E-state index contributed by atoms with van der Waals surface area (Å²) >= 11 is 1.30. The Morgan fingerprint density at radius 2 is 1.91 bits per heavy atom. The van der Waals surface area contributed by atoms with Crippen molar-refractivity contribution < 1.29 is 9.59 Å². The largest absolute Gasteiger partial charge is 0.347 e. The van der Waals surface area contributed by atoms with E-state index < -0.39 is 5.25 Å². The van der Waals surface area contributed by atoms with E-state index in [9.17, 15) is 9.59 Å². The van der Waals surface area contributed by atoms with Crippen molar-refractivity contribution >= 4 is 34.8 Å². The molecule has 2 aromatic carbocycles. The molecule has 1 aliphatic heterocycles. The van der Waals surface area contributed by atoms with Crippen molar-refractivity contribution in [3.8, 4) is 5.69 Å². The van der Waals surface area contributed by atoms with Crippen LogP contribution in [0.4, 0.5) is 11.4 Å². The lowest BCUT2D eigenvalue weighted by Crippen LogP contribution is -2.25. The Morgan fingerprint density at radius 1 is 1.15 bits per heavy atom. The lowest BCUT2D eigenvalue weighted by molar-refractivity contribution is -0.114. The highest BCUT2D eigenvalue weighted by molar-refractivity contribution is 8.00. The maximum Gasteiger partial charge on any atom is 0.221 e. The van der Waals surface area contributed by atoms with Crippen LogP contribution < -0.4 is 10.2 Å². The first-order chi connectivity index (χ1) is 15.7. The van der Waals surface area contributed by atoms with Gasteiger partial charge in [0, 0.05) is 42.5 Å². The standard InChI is InChI=1S/C24H26N6O2S/c1-15(21(32)14-22-24(3,4)19-11-6-7-12-20(19)29(22)5)33-23-26-27-28-30(23)18-10-8-9-17(13-18)25-16(2)31/h6-15H,1-5H3,(H,25,31)/b22-14+. The minimum absolute atomic E-state index is 0.00993. The molecule has 33 heavy (non-hydrogen) atoms. The number of para-hydroxylation sites is 1. The van der Waals surface area contributed by atoms with Gasteiger partial charge in [-0.05, 0) is 47.2 Å². The van der Waals surface area contributed by atoms with E-state index >= 15 is 0 Å². The van der Waals surface area contributed by atoms with Crippen LogP contribution in [0.1, 0.15) is 33.3 Å². The number of thioether (sulfide) groups is 1. The molecule has 0 bridgehead atoms. The van der Waals surface area contributed by atoms with Gasteiger partial charge < -0.3 is 10.2 Å². The fraction of sp³-hybridized carbons (Fsp3) is 0.292. The van der Waals surface area contributed by atoms with Gasteiger partial charge in [0.1, 0.15) is 0 Å². The fourth-order valence-corrected chi connectivity index (χ4v) is 4.89. The van der Waals surface area contributed by atoms with E-state index in [2.05, 4.69) is 51.7 Å². The van der Waals surface area contributed by atoms with Crippen LogP contribution in [0.25, 0.3) is 5.69 Å². The van der Waals surface area contributed by atoms with Crippen LogP contribution in [-0.2, 0) is 15.0 Å². The summed E-state index contributed by atoms with van der Waals surface area (Å²) in [6.45, 7) is 7.57. The number of fused-ring (bicyclic) bond motifs is 1. The van der Waals surface area contributed by atoms with Crippen molar-refractivity contribution in [3.05, 3.63) is 65.9 Å². The Labute approximate surface area is 197 Å². The van der Waals surface area contributed by atoms with Gasteiger partial charge >= 0.3 is 0 Å². The second-order valence-electron chi connectivity index (χ2n) is 8.50. The third-order valence-electron chi connectivity index (χ3n) is 5.75. The van der Waals surface area contributed by atoms with Gasteiger partial charge in [0.15, 0.2) is 5.78 Å². The molecular weight excluding hydrogens is 436 g/mol. The molecule has 1 aliphatic rings. The van der Waals surface area contributed by atoms with Crippen LogP contribution in [0.2, 0.25) is 0 Å². The number of anilines is 2. The number of nitrogens with zero attached hydrogens (tertiary/aromatic N) is 5. The maximum absolute atomic E-state index is 13.2. The number of carbonyl (C=O) groups is 2. The first-order valence-corrected chi connectivity index (χ1v) is 11.5. The highest BCUT2D eigenvalue weighted by Gasteiger charge is 2.38. The quantitative estimate of drug-likeness (QED) is 0.437. The second kappa shape index (κ2) is 8.82. The lowest BCUT2D eigenvalue weighted by Gasteiger charge is -2.24. The number of aromatic nitrogens is 4. The Bertz CT molecular complexity index is 1250. The maximum atomic E-state index is 13.2. The van der Waals surface area contributed by atoms with Crippen molar-refractivity contribution in [3.63, 3.8) is 0 Å². The van der Waals surface area contributed by atoms with Crippen LogP contribution >= 0.6 is 11.8 Å². The second-order valence-corrected chi connectivity index (χ2v) is 9.81. The smallest absolute Gasteiger partial charge is 0.221 e. The van der Waals surface area contributed by atoms with E-state index in [1.54, 1.807) is 22.9 Å². The van der Waals surface area contributed by atoms with Gasteiger partial charge in [-0.2, -0.15) is 4.68 Å². The number of hydrogen-bond acceptors (Lipinski definition) is 7. The summed E-state index contributed by atoms with van der Waals surface area (Å²) in [6, 6.07) is 15.4. The predicted octanol–water partition coefficient (Wildman–Crippen LogP) is 3.98. The predicted molar refractivity (Wildman–Crippen MR) is 130 cm³/mol. The number of amides is 1. The molecule has 0 fully saturated rings. The number of nitrogens with one attached hydrogen (secondary N) is 1. The molecule has 2 heterocycles. The summed E-state index contributed by atoms with van der Waals surface area (Å²) in [5.74, 6) is -0.169. The Morgan fingerprint density at radius 3 is 2.64 bits per heavy atom. The molecule has 3 aromatic rings. The molecule has 4 rings (SSSR count). The van der Waals surface area contributed by atoms with Gasteiger partial charge in [0.25, 0.3) is 0 Å². The molecule has 170 valence electrons. The number of carbonyl (C=O) groups excluding carboxylic acids is 2. The zero-order valence-corrected chi connectivity index (χ0v) is 20.1. The molecule has 1 aromatic heterocycles. The number of ketones is 1. The van der Waals surface area contributed by atoms with Gasteiger partial charge in [0.2, 0.25) is 11.1 Å². The first-order valence-electron chi connectivity index (χ1n) is 10.6. The highest BCUT2D eigenvalue weighted by Crippen LogP contribution is 2.46. The first kappa shape index (κ1) is 22.7. The molecule has 0 spiro atoms. The fourth-order valence-electron chi connectivity index (χ4n) is 4.06. The van der Waals surface area contributed by atoms with Crippen molar-refractivity contribution in [2.24, 2.45) is 0 Å². The molecular formula is C24H26N6O2S. The summed E-state index contributed by atoms with van der Waals surface area (Å²) in [4.78, 5) is 26.6. The van der Waals surface area contributed by atoms with Gasteiger partial charge in [-0.15, -0.1) is 5.10 Å². The van der Waals surface area contributed by atoms with E-state index in [-0.39, 0.29) is 17.1 Å². The van der Waals surface area contributed by atoms with E-state index in [1.807, 2.05) is 38.2 Å². The van der Waals surface area contributed by atoms with Crippen molar-refractivity contribution in [2.75, 3.05) is 17.3 Å². The molecule has 8 nitrogen and oxygen atoms in total. The Balaban J connectivity index is 1.55. The summed E-state index contributed by atoms with van der Waals surface area (Å²) in [5.41, 5.74) is 4.35. The number of likely N-dealkylation sites (N-methyl/N-ethyl adjacent to an activating group) is 1. The van der Waals surface area contributed by atoms with E-state index in [0.717, 1.165) is 11.4 Å². The van der Waals surface area contributed by atoms with Crippen molar-refractivity contribution in [1.82, 2.24) is 20.2 Å². The molecule has 1 atom stereocenters. The highest BCUT2D eigenvalue weighted by atomic mass is 32.2. The van der Waals surface area contributed by atoms with Gasteiger partial charge in [-0.1, -0.05) is 49.9 Å². The number of rotatable bonds is 6. The Hall–Kier alpha value is -3.46. The van der Waals surface area contributed by atoms with Gasteiger partial charge in [0.05, 0.1) is 10.9 Å². The van der Waals surface area contributed by atoms with Gasteiger partial charge in [-0.25, -0.2) is 0 Å². The monoisotopic (exact) mass is 462 g/mol. The van der Waals surface area contributed by atoms with E-state index in [0.29, 0.717) is 16.5 Å². The number of hydrogen-bond donors (Lipinski definition) is 1. The van der Waals surface area contributed by atoms with Crippen LogP contribution in [-0.4, -0.2) is 44.2 Å². The minimum atomic E-state index is -0.395. The minimum Gasteiger partial charge on any atom is -0.347 e. The van der Waals surface area contributed by atoms with Crippen LogP contribution in [0.3, 0.4) is 0 Å². The zero-order valence-electron chi connectivity index (χ0n) is 19.2. The van der Waals surface area contributed by atoms with E-state index in [1.165, 1.54) is 24.2 Å². The van der Waals surface area contributed by atoms with Crippen molar-refractivity contribution in [1.29, 1.82) is 0 Å². The zero-order chi connectivity index (χ0) is 23.8. The van der Waals surface area contributed by atoms with Crippen LogP contribution in [0.5, 0.6) is 0 Å². The molecule has 0 radical (unpaired) electrons. The molecule has 0 saturated heterocycles. The average Bonchev–Trinajstić information content (AvgIpc) is 3.30. The number of tetrazole rings is 1. The third-order valence-corrected chi connectivity index (χ3v) is 6.81. The molecule has 0 saturated carbocycles. The van der Waals surface area contributed by atoms with Crippen LogP contribution in [0.15, 0.2) is 65.5 Å². The summed E-state index contributed by atoms with van der Waals surface area (Å²) in [6.07, 6.45) is 1.74. The summed E-state index contributed by atoms with van der Waals surface area (Å²) in [7, 11) is 1.99. The molecule has 9 heteroatoms. The molecule has 1 unspecified atom stereocenters. The number of benzene rings is 2. The van der Waals surface area contributed by atoms with Crippen LogP contribution in [0, 0.1) is 0 Å². The average molecular weight is 463 g/mol. The van der Waals surface area contributed by atoms with E-state index in [4.69, 9.17) is 0 Å².